The van der Waals surface area contributed by atoms with Gasteiger partial charge in [0.05, 0.1) is 17.8 Å². The van der Waals surface area contributed by atoms with Crippen LogP contribution in [0.5, 0.6) is 5.75 Å². The van der Waals surface area contributed by atoms with Crippen molar-refractivity contribution in [1.82, 2.24) is 5.43 Å². The number of nitrogens with zero attached hydrogens (tertiary/aromatic N) is 1. The fourth-order valence-corrected chi connectivity index (χ4v) is 2.22. The van der Waals surface area contributed by atoms with Crippen LogP contribution in [-0.2, 0) is 4.79 Å². The van der Waals surface area contributed by atoms with Gasteiger partial charge in [0.15, 0.2) is 0 Å². The van der Waals surface area contributed by atoms with Crippen LogP contribution in [-0.4, -0.2) is 18.7 Å². The molecule has 1 N–H and O–H groups in total. The molecule has 5 nitrogen and oxygen atoms in total. The Morgan fingerprint density at radius 2 is 2.17 bits per heavy atom. The van der Waals surface area contributed by atoms with E-state index in [0.29, 0.717) is 41.0 Å². The number of hydrazone groups is 1. The average molecular weight is 355 g/mol. The van der Waals surface area contributed by atoms with E-state index in [0.717, 1.165) is 5.76 Å². The van der Waals surface area contributed by atoms with Crippen LogP contribution < -0.4 is 10.2 Å². The largest absolute Gasteiger partial charge is 0.492 e. The number of nitrogens with one attached hydrogen (secondary N) is 1. The highest BCUT2D eigenvalue weighted by atomic mass is 35.5. The lowest BCUT2D eigenvalue weighted by Crippen LogP contribution is -2.18. The molecule has 1 aromatic carbocycles. The summed E-state index contributed by atoms with van der Waals surface area (Å²) in [5, 5.41) is 4.81. The van der Waals surface area contributed by atoms with E-state index in [4.69, 9.17) is 32.4 Å². The Morgan fingerprint density at radius 3 is 2.87 bits per heavy atom. The van der Waals surface area contributed by atoms with Crippen molar-refractivity contribution in [3.8, 4) is 5.75 Å². The minimum atomic E-state index is -0.199. The molecule has 7 heteroatoms. The second kappa shape index (κ2) is 8.60. The van der Waals surface area contributed by atoms with Crippen LogP contribution in [0, 0.1) is 6.92 Å². The summed E-state index contributed by atoms with van der Waals surface area (Å²) in [5.41, 5.74) is 2.43. The fourth-order valence-electron chi connectivity index (χ4n) is 1.75. The maximum absolute atomic E-state index is 11.6. The average Bonchev–Trinajstić information content (AvgIpc) is 2.91. The van der Waals surface area contributed by atoms with Crippen molar-refractivity contribution in [3.05, 3.63) is 51.9 Å². The number of hydrogen-bond acceptors (Lipinski definition) is 4. The Labute approximate surface area is 144 Å². The van der Waals surface area contributed by atoms with Crippen molar-refractivity contribution in [1.29, 1.82) is 0 Å². The third-order valence-corrected chi connectivity index (χ3v) is 3.37. The summed E-state index contributed by atoms with van der Waals surface area (Å²) in [7, 11) is 0. The van der Waals surface area contributed by atoms with Gasteiger partial charge < -0.3 is 9.15 Å². The number of ether oxygens (including phenoxy) is 1. The number of rotatable bonds is 7. The first-order valence-corrected chi connectivity index (χ1v) is 7.76. The topological polar surface area (TPSA) is 63.8 Å². The van der Waals surface area contributed by atoms with E-state index in [-0.39, 0.29) is 5.91 Å². The highest BCUT2D eigenvalue weighted by Crippen LogP contribution is 2.27. The predicted octanol–water partition coefficient (Wildman–Crippen LogP) is 4.20. The lowest BCUT2D eigenvalue weighted by atomic mass is 10.3. The first-order valence-electron chi connectivity index (χ1n) is 7.01. The number of amides is 1. The zero-order chi connectivity index (χ0) is 16.7. The Bertz CT molecular complexity index is 698. The molecule has 1 heterocycles. The normalized spacial score (nSPS) is 10.9. The van der Waals surface area contributed by atoms with Gasteiger partial charge >= 0.3 is 0 Å². The van der Waals surface area contributed by atoms with Crippen molar-refractivity contribution in [2.75, 3.05) is 6.61 Å². The summed E-state index contributed by atoms with van der Waals surface area (Å²) in [5.74, 6) is 1.72. The van der Waals surface area contributed by atoms with Crippen LogP contribution in [0.2, 0.25) is 10.0 Å². The van der Waals surface area contributed by atoms with Crippen molar-refractivity contribution in [2.24, 2.45) is 5.10 Å². The summed E-state index contributed by atoms with van der Waals surface area (Å²) in [6, 6.07) is 8.59. The van der Waals surface area contributed by atoms with E-state index in [9.17, 15) is 4.79 Å². The summed E-state index contributed by atoms with van der Waals surface area (Å²) in [6.07, 6.45) is 2.29. The van der Waals surface area contributed by atoms with Gasteiger partial charge in [-0.2, -0.15) is 5.10 Å². The monoisotopic (exact) mass is 354 g/mol. The van der Waals surface area contributed by atoms with Crippen molar-refractivity contribution < 1.29 is 13.9 Å². The summed E-state index contributed by atoms with van der Waals surface area (Å²) in [6.45, 7) is 2.21. The van der Waals surface area contributed by atoms with E-state index < -0.39 is 0 Å². The molecule has 23 heavy (non-hydrogen) atoms. The van der Waals surface area contributed by atoms with Crippen molar-refractivity contribution in [3.63, 3.8) is 0 Å². The lowest BCUT2D eigenvalue weighted by Gasteiger charge is -2.07. The molecule has 0 fully saturated rings. The zero-order valence-corrected chi connectivity index (χ0v) is 14.0. The van der Waals surface area contributed by atoms with Gasteiger partial charge in [0.2, 0.25) is 5.91 Å². The SMILES string of the molecule is Cc1ccc(/C=N/NC(=O)CCCOc2ccc(Cl)cc2Cl)o1. The molecular formula is C16H16Cl2N2O3. The van der Waals surface area contributed by atoms with Crippen LogP contribution in [0.25, 0.3) is 0 Å². The summed E-state index contributed by atoms with van der Waals surface area (Å²) in [4.78, 5) is 11.6. The predicted molar refractivity (Wildman–Crippen MR) is 90.4 cm³/mol. The van der Waals surface area contributed by atoms with Crippen LogP contribution in [0.1, 0.15) is 24.4 Å². The van der Waals surface area contributed by atoms with Gasteiger partial charge in [-0.3, -0.25) is 4.79 Å². The number of carbonyl (C=O) groups excluding carboxylic acids is 1. The molecule has 0 spiro atoms. The van der Waals surface area contributed by atoms with Crippen LogP contribution in [0.4, 0.5) is 0 Å². The highest BCUT2D eigenvalue weighted by molar-refractivity contribution is 6.35. The zero-order valence-electron chi connectivity index (χ0n) is 12.5. The third kappa shape index (κ3) is 5.96. The Morgan fingerprint density at radius 1 is 1.35 bits per heavy atom. The smallest absolute Gasteiger partial charge is 0.240 e. The second-order valence-corrected chi connectivity index (χ2v) is 5.61. The summed E-state index contributed by atoms with van der Waals surface area (Å²) >= 11 is 11.8. The molecule has 0 saturated heterocycles. The van der Waals surface area contributed by atoms with Gasteiger partial charge in [0.25, 0.3) is 0 Å². The van der Waals surface area contributed by atoms with Crippen LogP contribution in [0.15, 0.2) is 39.9 Å². The quantitative estimate of drug-likeness (QED) is 0.460. The number of benzene rings is 1. The molecular weight excluding hydrogens is 339 g/mol. The molecule has 1 amide bonds. The molecule has 1 aromatic heterocycles. The van der Waals surface area contributed by atoms with Gasteiger partial charge in [0.1, 0.15) is 17.3 Å². The van der Waals surface area contributed by atoms with E-state index in [2.05, 4.69) is 10.5 Å². The molecule has 0 atom stereocenters. The van der Waals surface area contributed by atoms with Crippen LogP contribution >= 0.6 is 23.2 Å². The molecule has 0 bridgehead atoms. The van der Waals surface area contributed by atoms with E-state index in [1.807, 2.05) is 13.0 Å². The van der Waals surface area contributed by atoms with Gasteiger partial charge in [-0.05, 0) is 43.7 Å². The third-order valence-electron chi connectivity index (χ3n) is 2.84. The van der Waals surface area contributed by atoms with E-state index >= 15 is 0 Å². The van der Waals surface area contributed by atoms with Crippen molar-refractivity contribution >= 4 is 35.3 Å². The highest BCUT2D eigenvalue weighted by Gasteiger charge is 2.04. The van der Waals surface area contributed by atoms with Gasteiger partial charge in [0, 0.05) is 11.4 Å². The summed E-state index contributed by atoms with van der Waals surface area (Å²) < 4.78 is 10.8. The van der Waals surface area contributed by atoms with E-state index in [1.165, 1.54) is 6.21 Å². The van der Waals surface area contributed by atoms with Gasteiger partial charge in [-0.1, -0.05) is 23.2 Å². The Balaban J connectivity index is 1.65. The Hall–Kier alpha value is -1.98. The van der Waals surface area contributed by atoms with Crippen LogP contribution in [0.3, 0.4) is 0 Å². The number of furan rings is 1. The first kappa shape index (κ1) is 17.4. The second-order valence-electron chi connectivity index (χ2n) is 4.77. The minimum absolute atomic E-state index is 0.199. The standard InChI is InChI=1S/C16H16Cl2N2O3/c1-11-4-6-13(23-11)10-19-20-16(21)3-2-8-22-15-7-5-12(17)9-14(15)18/h4-7,9-10H,2-3,8H2,1H3,(H,20,21)/b19-10+. The van der Waals surface area contributed by atoms with Gasteiger partial charge in [-0.25, -0.2) is 5.43 Å². The maximum Gasteiger partial charge on any atom is 0.240 e. The minimum Gasteiger partial charge on any atom is -0.492 e. The van der Waals surface area contributed by atoms with E-state index in [1.54, 1.807) is 24.3 Å². The first-order chi connectivity index (χ1) is 11.0. The van der Waals surface area contributed by atoms with Gasteiger partial charge in [-0.15, -0.1) is 0 Å². The molecule has 0 unspecified atom stereocenters. The molecule has 2 rings (SSSR count). The maximum atomic E-state index is 11.6. The number of carbonyl (C=O) groups is 1. The molecule has 0 radical (unpaired) electrons. The molecule has 0 saturated carbocycles. The Kier molecular flexibility index (Phi) is 6.50. The number of aryl methyl sites for hydroxylation is 1. The number of halogens is 2. The lowest BCUT2D eigenvalue weighted by molar-refractivity contribution is -0.121. The number of hydrogen-bond donors (Lipinski definition) is 1. The molecule has 122 valence electrons. The fraction of sp³-hybridized carbons (Fsp3) is 0.250. The molecule has 0 aliphatic heterocycles. The molecule has 0 aliphatic rings. The molecule has 0 aliphatic carbocycles. The van der Waals surface area contributed by atoms with Crippen molar-refractivity contribution in [2.45, 2.75) is 19.8 Å². The molecule has 2 aromatic rings.